The number of thiazole rings is 1. The number of phenols is 1. The number of nitrogens with zero attached hydrogens (tertiary/aromatic N) is 3. The number of carbonyl (C=O) groups excluding carboxylic acids is 1. The fourth-order valence-corrected chi connectivity index (χ4v) is 3.34. The van der Waals surface area contributed by atoms with Crippen molar-refractivity contribution >= 4 is 56.1 Å². The maximum absolute atomic E-state index is 12.8. The standard InChI is InChI=1S/C20H13ClN4O2S/c21-15-7-3-4-8-16(15)23-19(27)14-11-12-5-1-2-6-13(12)17(18(14)26)24-25-20-22-9-10-28-20/h1-11,26H,(H,23,27). The Morgan fingerprint density at radius 3 is 2.68 bits per heavy atom. The van der Waals surface area contributed by atoms with E-state index in [1.807, 2.05) is 18.2 Å². The molecule has 0 aliphatic carbocycles. The van der Waals surface area contributed by atoms with Gasteiger partial charge >= 0.3 is 0 Å². The summed E-state index contributed by atoms with van der Waals surface area (Å²) in [5.41, 5.74) is 0.733. The topological polar surface area (TPSA) is 86.9 Å². The Labute approximate surface area is 169 Å². The number of benzene rings is 3. The van der Waals surface area contributed by atoms with E-state index in [0.29, 0.717) is 21.2 Å². The molecule has 3 aromatic carbocycles. The maximum Gasteiger partial charge on any atom is 0.259 e. The molecule has 8 heteroatoms. The summed E-state index contributed by atoms with van der Waals surface area (Å²) in [4.78, 5) is 16.9. The van der Waals surface area contributed by atoms with E-state index >= 15 is 0 Å². The lowest BCUT2D eigenvalue weighted by atomic mass is 10.0. The second kappa shape index (κ2) is 7.75. The van der Waals surface area contributed by atoms with E-state index in [1.165, 1.54) is 11.3 Å². The first-order chi connectivity index (χ1) is 13.6. The third-order valence-electron chi connectivity index (χ3n) is 4.02. The Bertz CT molecular complexity index is 1190. The molecule has 0 atom stereocenters. The van der Waals surface area contributed by atoms with E-state index in [-0.39, 0.29) is 17.0 Å². The minimum absolute atomic E-state index is 0.0757. The Hall–Kier alpha value is -3.29. The van der Waals surface area contributed by atoms with Crippen LogP contribution >= 0.6 is 22.9 Å². The Balaban J connectivity index is 1.79. The van der Waals surface area contributed by atoms with E-state index in [4.69, 9.17) is 11.6 Å². The summed E-state index contributed by atoms with van der Waals surface area (Å²) in [7, 11) is 0. The van der Waals surface area contributed by atoms with Gasteiger partial charge in [-0.25, -0.2) is 4.98 Å². The zero-order valence-corrected chi connectivity index (χ0v) is 15.9. The van der Waals surface area contributed by atoms with E-state index in [1.54, 1.807) is 48.0 Å². The van der Waals surface area contributed by atoms with Crippen molar-refractivity contribution in [2.24, 2.45) is 10.2 Å². The van der Waals surface area contributed by atoms with Crippen molar-refractivity contribution in [2.75, 3.05) is 5.32 Å². The van der Waals surface area contributed by atoms with Crippen LogP contribution < -0.4 is 5.32 Å². The van der Waals surface area contributed by atoms with Crippen LogP contribution in [0, 0.1) is 0 Å². The number of hydrogen-bond donors (Lipinski definition) is 2. The molecule has 6 nitrogen and oxygen atoms in total. The minimum Gasteiger partial charge on any atom is -0.505 e. The van der Waals surface area contributed by atoms with E-state index in [0.717, 1.165) is 5.39 Å². The quantitative estimate of drug-likeness (QED) is 0.387. The number of anilines is 1. The molecule has 0 spiro atoms. The van der Waals surface area contributed by atoms with Crippen molar-refractivity contribution in [2.45, 2.75) is 0 Å². The summed E-state index contributed by atoms with van der Waals surface area (Å²) in [6, 6.07) is 15.8. The molecule has 138 valence electrons. The second-order valence-corrected chi connectivity index (χ2v) is 7.07. The molecular weight excluding hydrogens is 396 g/mol. The minimum atomic E-state index is -0.498. The highest BCUT2D eigenvalue weighted by Crippen LogP contribution is 2.39. The number of nitrogens with one attached hydrogen (secondary N) is 1. The molecule has 0 aliphatic heterocycles. The number of para-hydroxylation sites is 1. The fourth-order valence-electron chi connectivity index (χ4n) is 2.70. The van der Waals surface area contributed by atoms with Gasteiger partial charge in [-0.15, -0.1) is 21.6 Å². The highest BCUT2D eigenvalue weighted by Gasteiger charge is 2.19. The third kappa shape index (κ3) is 3.58. The highest BCUT2D eigenvalue weighted by atomic mass is 35.5. The van der Waals surface area contributed by atoms with Gasteiger partial charge in [0.1, 0.15) is 5.69 Å². The van der Waals surface area contributed by atoms with Crippen LogP contribution in [0.3, 0.4) is 0 Å². The van der Waals surface area contributed by atoms with Crippen LogP contribution in [0.1, 0.15) is 10.4 Å². The molecule has 4 rings (SSSR count). The van der Waals surface area contributed by atoms with Crippen molar-refractivity contribution in [3.63, 3.8) is 0 Å². The van der Waals surface area contributed by atoms with Gasteiger partial charge in [0.15, 0.2) is 5.75 Å². The molecule has 0 unspecified atom stereocenters. The SMILES string of the molecule is O=C(Nc1ccccc1Cl)c1cc2ccccc2c(N=Nc2nccs2)c1O. The van der Waals surface area contributed by atoms with Crippen molar-refractivity contribution in [1.82, 2.24) is 4.98 Å². The largest absolute Gasteiger partial charge is 0.505 e. The number of hydrogen-bond acceptors (Lipinski definition) is 6. The van der Waals surface area contributed by atoms with Crippen LogP contribution in [0.4, 0.5) is 16.5 Å². The van der Waals surface area contributed by atoms with Gasteiger partial charge in [-0.1, -0.05) is 48.0 Å². The first-order valence-electron chi connectivity index (χ1n) is 8.25. The molecule has 0 bridgehead atoms. The molecule has 4 aromatic rings. The molecule has 0 fully saturated rings. The van der Waals surface area contributed by atoms with Crippen molar-refractivity contribution in [3.05, 3.63) is 76.8 Å². The van der Waals surface area contributed by atoms with Gasteiger partial charge in [-0.3, -0.25) is 4.79 Å². The zero-order valence-electron chi connectivity index (χ0n) is 14.3. The molecule has 0 aliphatic rings. The molecule has 0 radical (unpaired) electrons. The summed E-state index contributed by atoms with van der Waals surface area (Å²) in [5, 5.41) is 25.8. The smallest absolute Gasteiger partial charge is 0.259 e. The third-order valence-corrected chi connectivity index (χ3v) is 5.00. The van der Waals surface area contributed by atoms with E-state index < -0.39 is 5.91 Å². The van der Waals surface area contributed by atoms with Crippen molar-refractivity contribution < 1.29 is 9.90 Å². The normalized spacial score (nSPS) is 11.2. The van der Waals surface area contributed by atoms with Gasteiger partial charge in [0, 0.05) is 17.0 Å². The van der Waals surface area contributed by atoms with Gasteiger partial charge in [0.05, 0.1) is 16.3 Å². The first kappa shape index (κ1) is 18.1. The molecule has 1 aromatic heterocycles. The summed E-state index contributed by atoms with van der Waals surface area (Å²) in [6.45, 7) is 0. The van der Waals surface area contributed by atoms with Crippen LogP contribution in [0.2, 0.25) is 5.02 Å². The average molecular weight is 409 g/mol. The lowest BCUT2D eigenvalue weighted by molar-refractivity contribution is 0.102. The zero-order chi connectivity index (χ0) is 19.5. The molecular formula is C20H13ClN4O2S. The molecule has 1 amide bonds. The first-order valence-corrected chi connectivity index (χ1v) is 9.51. The second-order valence-electron chi connectivity index (χ2n) is 5.79. The number of azo groups is 1. The fraction of sp³-hybridized carbons (Fsp3) is 0. The Morgan fingerprint density at radius 1 is 1.11 bits per heavy atom. The van der Waals surface area contributed by atoms with Gasteiger partial charge in [0.2, 0.25) is 5.13 Å². The van der Waals surface area contributed by atoms with Gasteiger partial charge in [0.25, 0.3) is 5.91 Å². The lowest BCUT2D eigenvalue weighted by Crippen LogP contribution is -2.12. The van der Waals surface area contributed by atoms with Crippen molar-refractivity contribution in [1.29, 1.82) is 0 Å². The predicted octanol–water partition coefficient (Wildman–Crippen LogP) is 6.32. The predicted molar refractivity (Wildman–Crippen MR) is 111 cm³/mol. The van der Waals surface area contributed by atoms with Crippen LogP contribution in [0.15, 0.2) is 76.4 Å². The number of aromatic nitrogens is 1. The number of halogens is 1. The van der Waals surface area contributed by atoms with Gasteiger partial charge in [-0.05, 0) is 23.6 Å². The summed E-state index contributed by atoms with van der Waals surface area (Å²) in [6.07, 6.45) is 1.62. The number of carbonyl (C=O) groups is 1. The Morgan fingerprint density at radius 2 is 1.89 bits per heavy atom. The highest BCUT2D eigenvalue weighted by molar-refractivity contribution is 7.13. The molecule has 1 heterocycles. The number of amides is 1. The number of fused-ring (bicyclic) bond motifs is 1. The van der Waals surface area contributed by atoms with Gasteiger partial charge in [-0.2, -0.15) is 0 Å². The molecule has 2 N–H and O–H groups in total. The monoisotopic (exact) mass is 408 g/mol. The number of phenolic OH excluding ortho intramolecular Hbond substituents is 1. The van der Waals surface area contributed by atoms with E-state index in [9.17, 15) is 9.90 Å². The summed E-state index contributed by atoms with van der Waals surface area (Å²) < 4.78 is 0. The maximum atomic E-state index is 12.8. The summed E-state index contributed by atoms with van der Waals surface area (Å²) >= 11 is 7.43. The number of aromatic hydroxyl groups is 1. The molecule has 0 saturated heterocycles. The molecule has 28 heavy (non-hydrogen) atoms. The van der Waals surface area contributed by atoms with E-state index in [2.05, 4.69) is 20.5 Å². The van der Waals surface area contributed by atoms with Gasteiger partial charge < -0.3 is 10.4 Å². The average Bonchev–Trinajstić information content (AvgIpc) is 3.22. The van der Waals surface area contributed by atoms with Crippen LogP contribution in [-0.4, -0.2) is 16.0 Å². The lowest BCUT2D eigenvalue weighted by Gasteiger charge is -2.11. The molecule has 0 saturated carbocycles. The van der Waals surface area contributed by atoms with Crippen LogP contribution in [0.25, 0.3) is 10.8 Å². The van der Waals surface area contributed by atoms with Crippen LogP contribution in [-0.2, 0) is 0 Å². The van der Waals surface area contributed by atoms with Crippen molar-refractivity contribution in [3.8, 4) is 5.75 Å². The van der Waals surface area contributed by atoms with Crippen LogP contribution in [0.5, 0.6) is 5.75 Å². The number of rotatable bonds is 4. The summed E-state index contributed by atoms with van der Waals surface area (Å²) in [5.74, 6) is -0.759. The Kier molecular flexibility index (Phi) is 5.01.